The van der Waals surface area contributed by atoms with Gasteiger partial charge in [0.25, 0.3) is 5.91 Å². The number of thiocarbonyl (C=S) groups is 1. The minimum absolute atomic E-state index is 0.0972. The Hall–Kier alpha value is -2.21. The molecule has 1 amide bonds. The highest BCUT2D eigenvalue weighted by Gasteiger charge is 2.12. The molecule has 2 aromatic rings. The second-order valence-electron chi connectivity index (χ2n) is 4.55. The SMILES string of the molecule is CC(CC(N)=S)NC(=O)c1cnn(-c2ccccc2)c1. The van der Waals surface area contributed by atoms with Gasteiger partial charge in [0.1, 0.15) is 0 Å². The molecule has 5 nitrogen and oxygen atoms in total. The highest BCUT2D eigenvalue weighted by atomic mass is 32.1. The van der Waals surface area contributed by atoms with Gasteiger partial charge in [-0.15, -0.1) is 0 Å². The number of carbonyl (C=O) groups excluding carboxylic acids is 1. The van der Waals surface area contributed by atoms with E-state index in [1.54, 1.807) is 10.9 Å². The summed E-state index contributed by atoms with van der Waals surface area (Å²) in [5.41, 5.74) is 6.86. The third-order valence-electron chi connectivity index (χ3n) is 2.75. The molecule has 0 saturated carbocycles. The van der Waals surface area contributed by atoms with Gasteiger partial charge in [0, 0.05) is 18.7 Å². The molecule has 1 aromatic heterocycles. The number of nitrogens with zero attached hydrogens (tertiary/aromatic N) is 2. The Morgan fingerprint density at radius 3 is 2.80 bits per heavy atom. The van der Waals surface area contributed by atoms with Crippen LogP contribution in [-0.4, -0.2) is 26.7 Å². The van der Waals surface area contributed by atoms with Crippen molar-refractivity contribution >= 4 is 23.1 Å². The van der Waals surface area contributed by atoms with Crippen LogP contribution in [0.4, 0.5) is 0 Å². The topological polar surface area (TPSA) is 72.9 Å². The van der Waals surface area contributed by atoms with Gasteiger partial charge in [-0.3, -0.25) is 4.79 Å². The molecule has 0 saturated heterocycles. The molecule has 6 heteroatoms. The van der Waals surface area contributed by atoms with Gasteiger partial charge in [0.05, 0.1) is 22.4 Å². The highest BCUT2D eigenvalue weighted by molar-refractivity contribution is 7.80. The number of rotatable bonds is 5. The summed E-state index contributed by atoms with van der Waals surface area (Å²) >= 11 is 4.82. The van der Waals surface area contributed by atoms with Gasteiger partial charge in [-0.05, 0) is 19.1 Å². The van der Waals surface area contributed by atoms with E-state index < -0.39 is 0 Å². The molecule has 1 heterocycles. The summed E-state index contributed by atoms with van der Waals surface area (Å²) in [5.74, 6) is -0.184. The lowest BCUT2D eigenvalue weighted by Crippen LogP contribution is -2.35. The first-order valence-corrected chi connectivity index (χ1v) is 6.66. The van der Waals surface area contributed by atoms with E-state index in [1.165, 1.54) is 6.20 Å². The van der Waals surface area contributed by atoms with Crippen LogP contribution in [0.3, 0.4) is 0 Å². The van der Waals surface area contributed by atoms with E-state index in [4.69, 9.17) is 18.0 Å². The number of amides is 1. The van der Waals surface area contributed by atoms with Crippen molar-refractivity contribution in [3.63, 3.8) is 0 Å². The summed E-state index contributed by atoms with van der Waals surface area (Å²) in [6.45, 7) is 1.86. The lowest BCUT2D eigenvalue weighted by atomic mass is 10.2. The van der Waals surface area contributed by atoms with E-state index in [9.17, 15) is 4.79 Å². The van der Waals surface area contributed by atoms with Gasteiger partial charge >= 0.3 is 0 Å². The smallest absolute Gasteiger partial charge is 0.254 e. The Bertz CT molecular complexity index is 609. The van der Waals surface area contributed by atoms with E-state index in [2.05, 4.69) is 10.4 Å². The van der Waals surface area contributed by atoms with Crippen LogP contribution in [0.25, 0.3) is 5.69 Å². The van der Waals surface area contributed by atoms with Crippen molar-refractivity contribution in [2.45, 2.75) is 19.4 Å². The van der Waals surface area contributed by atoms with Gasteiger partial charge in [0.15, 0.2) is 0 Å². The first-order chi connectivity index (χ1) is 9.56. The van der Waals surface area contributed by atoms with Crippen LogP contribution in [0.15, 0.2) is 42.7 Å². The maximum Gasteiger partial charge on any atom is 0.254 e. The first-order valence-electron chi connectivity index (χ1n) is 6.25. The van der Waals surface area contributed by atoms with Gasteiger partial charge in [-0.25, -0.2) is 4.68 Å². The average Bonchev–Trinajstić information content (AvgIpc) is 2.88. The lowest BCUT2D eigenvalue weighted by Gasteiger charge is -2.11. The summed E-state index contributed by atoms with van der Waals surface area (Å²) in [6, 6.07) is 9.51. The number of aromatic nitrogens is 2. The number of para-hydroxylation sites is 1. The zero-order valence-electron chi connectivity index (χ0n) is 11.1. The first kappa shape index (κ1) is 14.2. The number of hydrogen-bond acceptors (Lipinski definition) is 3. The molecule has 0 radical (unpaired) electrons. The number of benzene rings is 1. The van der Waals surface area contributed by atoms with E-state index in [0.29, 0.717) is 17.0 Å². The molecular weight excluding hydrogens is 272 g/mol. The second kappa shape index (κ2) is 6.29. The van der Waals surface area contributed by atoms with Crippen molar-refractivity contribution in [1.29, 1.82) is 0 Å². The molecule has 3 N–H and O–H groups in total. The molecule has 1 unspecified atom stereocenters. The van der Waals surface area contributed by atoms with Crippen molar-refractivity contribution in [1.82, 2.24) is 15.1 Å². The van der Waals surface area contributed by atoms with Crippen molar-refractivity contribution < 1.29 is 4.79 Å². The van der Waals surface area contributed by atoms with Gasteiger partial charge in [0.2, 0.25) is 0 Å². The van der Waals surface area contributed by atoms with E-state index in [-0.39, 0.29) is 11.9 Å². The van der Waals surface area contributed by atoms with Gasteiger partial charge in [-0.2, -0.15) is 5.10 Å². The van der Waals surface area contributed by atoms with Gasteiger partial charge < -0.3 is 11.1 Å². The number of nitrogens with one attached hydrogen (secondary N) is 1. The third kappa shape index (κ3) is 3.64. The fraction of sp³-hybridized carbons (Fsp3) is 0.214. The summed E-state index contributed by atoms with van der Waals surface area (Å²) < 4.78 is 1.66. The number of nitrogens with two attached hydrogens (primary N) is 1. The predicted octanol–water partition coefficient (Wildman–Crippen LogP) is 1.67. The van der Waals surface area contributed by atoms with Crippen LogP contribution in [0.1, 0.15) is 23.7 Å². The Balaban J connectivity index is 2.05. The molecule has 104 valence electrons. The van der Waals surface area contributed by atoms with Crippen molar-refractivity contribution in [2.75, 3.05) is 0 Å². The Morgan fingerprint density at radius 1 is 1.45 bits per heavy atom. The maximum atomic E-state index is 12.0. The molecule has 0 spiro atoms. The van der Waals surface area contributed by atoms with Crippen LogP contribution >= 0.6 is 12.2 Å². The second-order valence-corrected chi connectivity index (χ2v) is 5.08. The zero-order valence-corrected chi connectivity index (χ0v) is 11.9. The molecule has 2 rings (SSSR count). The fourth-order valence-corrected chi connectivity index (χ4v) is 2.07. The standard InChI is InChI=1S/C14H16N4OS/c1-10(7-13(15)20)17-14(19)11-8-16-18(9-11)12-5-3-2-4-6-12/h2-6,8-10H,7H2,1H3,(H2,15,20)(H,17,19). The normalized spacial score (nSPS) is 11.8. The van der Waals surface area contributed by atoms with E-state index in [0.717, 1.165) is 5.69 Å². The van der Waals surface area contributed by atoms with Crippen LogP contribution in [0, 0.1) is 0 Å². The predicted molar refractivity (Wildman–Crippen MR) is 81.9 cm³/mol. The molecular formula is C14H16N4OS. The minimum Gasteiger partial charge on any atom is -0.393 e. The van der Waals surface area contributed by atoms with Crippen molar-refractivity contribution in [3.05, 3.63) is 48.3 Å². The van der Waals surface area contributed by atoms with E-state index >= 15 is 0 Å². The Morgan fingerprint density at radius 2 is 2.15 bits per heavy atom. The third-order valence-corrected chi connectivity index (χ3v) is 2.92. The fourth-order valence-electron chi connectivity index (χ4n) is 1.82. The average molecular weight is 288 g/mol. The molecule has 0 aliphatic carbocycles. The molecule has 0 aliphatic rings. The zero-order chi connectivity index (χ0) is 14.5. The molecule has 0 fully saturated rings. The monoisotopic (exact) mass is 288 g/mol. The lowest BCUT2D eigenvalue weighted by molar-refractivity contribution is 0.0941. The summed E-state index contributed by atoms with van der Waals surface area (Å²) in [5, 5.41) is 7.01. The van der Waals surface area contributed by atoms with Gasteiger partial charge in [-0.1, -0.05) is 30.4 Å². The minimum atomic E-state index is -0.184. The highest BCUT2D eigenvalue weighted by Crippen LogP contribution is 2.08. The molecule has 1 atom stereocenters. The van der Waals surface area contributed by atoms with Crippen LogP contribution in [-0.2, 0) is 0 Å². The van der Waals surface area contributed by atoms with Crippen molar-refractivity contribution in [3.8, 4) is 5.69 Å². The largest absolute Gasteiger partial charge is 0.393 e. The number of hydrogen-bond donors (Lipinski definition) is 2. The van der Waals surface area contributed by atoms with Crippen molar-refractivity contribution in [2.24, 2.45) is 5.73 Å². The summed E-state index contributed by atoms with van der Waals surface area (Å²) in [4.78, 5) is 12.4. The molecule has 0 bridgehead atoms. The Labute approximate surface area is 122 Å². The van der Waals surface area contributed by atoms with E-state index in [1.807, 2.05) is 37.3 Å². The molecule has 0 aliphatic heterocycles. The molecule has 1 aromatic carbocycles. The Kier molecular flexibility index (Phi) is 4.47. The van der Waals surface area contributed by atoms with Crippen LogP contribution in [0.2, 0.25) is 0 Å². The summed E-state index contributed by atoms with van der Waals surface area (Å²) in [6.07, 6.45) is 3.71. The quantitative estimate of drug-likeness (QED) is 0.821. The molecule has 20 heavy (non-hydrogen) atoms. The summed E-state index contributed by atoms with van der Waals surface area (Å²) in [7, 11) is 0. The van der Waals surface area contributed by atoms with Crippen LogP contribution in [0.5, 0.6) is 0 Å². The maximum absolute atomic E-state index is 12.0. The number of carbonyl (C=O) groups is 1. The van der Waals surface area contributed by atoms with Crippen LogP contribution < -0.4 is 11.1 Å².